The lowest BCUT2D eigenvalue weighted by molar-refractivity contribution is 0.203. The van der Waals surface area contributed by atoms with Gasteiger partial charge < -0.3 is 9.16 Å². The van der Waals surface area contributed by atoms with Gasteiger partial charge in [-0.05, 0) is 6.92 Å². The van der Waals surface area contributed by atoms with Crippen LogP contribution in [0.4, 0.5) is 26.3 Å². The first-order chi connectivity index (χ1) is 7.83. The van der Waals surface area contributed by atoms with Crippen LogP contribution in [-0.2, 0) is 9.16 Å². The smallest absolute Gasteiger partial charge is 0.356 e. The van der Waals surface area contributed by atoms with Crippen molar-refractivity contribution in [2.75, 3.05) is 19.9 Å². The number of hydrogen-bond acceptors (Lipinski definition) is 2. The second kappa shape index (κ2) is 6.82. The molecule has 0 atom stereocenters. The van der Waals surface area contributed by atoms with Gasteiger partial charge in [0.1, 0.15) is 0 Å². The third-order valence-corrected chi connectivity index (χ3v) is 5.05. The molecule has 0 bridgehead atoms. The molecular formula is C8H10F6O2Si. The van der Waals surface area contributed by atoms with Gasteiger partial charge >= 0.3 is 8.32 Å². The molecule has 0 radical (unpaired) electrons. The summed E-state index contributed by atoms with van der Waals surface area (Å²) in [4.78, 5) is 0. The van der Waals surface area contributed by atoms with Crippen LogP contribution in [0.1, 0.15) is 6.92 Å². The van der Waals surface area contributed by atoms with E-state index in [1.807, 2.05) is 0 Å². The van der Waals surface area contributed by atoms with Crippen LogP contribution in [0.2, 0.25) is 0 Å². The van der Waals surface area contributed by atoms with Crippen molar-refractivity contribution in [3.05, 3.63) is 23.1 Å². The molecule has 0 rings (SSSR count). The van der Waals surface area contributed by atoms with Gasteiger partial charge in [-0.3, -0.25) is 0 Å². The molecule has 0 aromatic rings. The molecule has 17 heavy (non-hydrogen) atoms. The first kappa shape index (κ1) is 16.2. The van der Waals surface area contributed by atoms with Crippen LogP contribution in [0, 0.1) is 0 Å². The van der Waals surface area contributed by atoms with Crippen molar-refractivity contribution < 1.29 is 35.5 Å². The molecular weight excluding hydrogens is 270 g/mol. The Morgan fingerprint density at radius 1 is 0.941 bits per heavy atom. The molecule has 100 valence electrons. The van der Waals surface area contributed by atoms with Crippen molar-refractivity contribution in [1.29, 1.82) is 0 Å². The van der Waals surface area contributed by atoms with Gasteiger partial charge in [0.2, 0.25) is 0 Å². The van der Waals surface area contributed by atoms with Crippen molar-refractivity contribution in [3.8, 4) is 0 Å². The predicted octanol–water partition coefficient (Wildman–Crippen LogP) is 3.39. The molecule has 0 aliphatic carbocycles. The Labute approximate surface area is 94.6 Å². The third-order valence-electron chi connectivity index (χ3n) is 1.78. The highest BCUT2D eigenvalue weighted by atomic mass is 28.4. The summed E-state index contributed by atoms with van der Waals surface area (Å²) in [6.45, 7) is 0.835. The molecule has 0 unspecified atom stereocenters. The topological polar surface area (TPSA) is 18.5 Å². The van der Waals surface area contributed by atoms with Gasteiger partial charge in [0.05, 0.1) is 6.23 Å². The van der Waals surface area contributed by atoms with Gasteiger partial charge in [0.25, 0.3) is 12.2 Å². The summed E-state index contributed by atoms with van der Waals surface area (Å²) in [6.07, 6.45) is -6.79. The molecule has 0 saturated carbocycles. The Hall–Kier alpha value is -0.803. The third kappa shape index (κ3) is 3.58. The first-order valence-electron chi connectivity index (χ1n) is 4.38. The molecule has 0 amide bonds. The Balaban J connectivity index is 5.77. The average Bonchev–Trinajstić information content (AvgIpc) is 2.26. The molecule has 2 nitrogen and oxygen atoms in total. The molecule has 9 heteroatoms. The molecule has 0 N–H and O–H groups in total. The van der Waals surface area contributed by atoms with Crippen LogP contribution in [0.3, 0.4) is 0 Å². The van der Waals surface area contributed by atoms with Gasteiger partial charge in [-0.25, -0.2) is 8.78 Å². The highest BCUT2D eigenvalue weighted by Crippen LogP contribution is 2.33. The molecule has 0 saturated heterocycles. The summed E-state index contributed by atoms with van der Waals surface area (Å²) in [6, 6.07) is 0. The van der Waals surface area contributed by atoms with Crippen molar-refractivity contribution >= 4 is 8.32 Å². The number of rotatable bonds is 6. The molecule has 0 aromatic heterocycles. The molecule has 0 heterocycles. The lowest BCUT2D eigenvalue weighted by Crippen LogP contribution is -2.47. The summed E-state index contributed by atoms with van der Waals surface area (Å²) in [5.41, 5.74) is -4.60. The van der Waals surface area contributed by atoms with Crippen LogP contribution in [0.5, 0.6) is 0 Å². The van der Waals surface area contributed by atoms with E-state index in [9.17, 15) is 26.3 Å². The Morgan fingerprint density at radius 2 is 1.35 bits per heavy atom. The minimum atomic E-state index is -4.92. The lowest BCUT2D eigenvalue weighted by Gasteiger charge is -2.25. The fourth-order valence-corrected chi connectivity index (χ4v) is 3.44. The fraction of sp³-hybridized carbons (Fsp3) is 0.500. The van der Waals surface area contributed by atoms with Crippen LogP contribution in [0.15, 0.2) is 23.1 Å². The van der Waals surface area contributed by atoms with Gasteiger partial charge in [-0.1, -0.05) is 0 Å². The summed E-state index contributed by atoms with van der Waals surface area (Å²) in [5, 5.41) is 0. The molecule has 0 aliphatic heterocycles. The van der Waals surface area contributed by atoms with Crippen LogP contribution in [-0.4, -0.2) is 28.3 Å². The zero-order chi connectivity index (χ0) is 13.6. The second-order valence-electron chi connectivity index (χ2n) is 2.84. The number of methoxy groups -OCH3 is 1. The zero-order valence-corrected chi connectivity index (χ0v) is 10.00. The minimum absolute atomic E-state index is 0.406. The maximum absolute atomic E-state index is 13.2. The first-order valence-corrected chi connectivity index (χ1v) is 6.50. The van der Waals surface area contributed by atoms with Crippen molar-refractivity contribution in [1.82, 2.24) is 0 Å². The minimum Gasteiger partial charge on any atom is -0.404 e. The van der Waals surface area contributed by atoms with E-state index in [4.69, 9.17) is 0 Å². The van der Waals surface area contributed by atoms with E-state index < -0.39 is 44.2 Å². The number of halogens is 6. The molecule has 0 spiro atoms. The van der Waals surface area contributed by atoms with E-state index in [0.29, 0.717) is 0 Å². The summed E-state index contributed by atoms with van der Waals surface area (Å²) in [7, 11) is -3.99. The molecule has 0 aromatic carbocycles. The van der Waals surface area contributed by atoms with Crippen molar-refractivity contribution in [3.63, 3.8) is 0 Å². The Morgan fingerprint density at radius 3 is 1.59 bits per heavy atom. The summed E-state index contributed by atoms with van der Waals surface area (Å²) < 4.78 is 83.9. The maximum Gasteiger partial charge on any atom is 0.356 e. The monoisotopic (exact) mass is 280 g/mol. The fourth-order valence-electron chi connectivity index (χ4n) is 1.15. The number of hydrogen-bond donors (Lipinski definition) is 0. The largest absolute Gasteiger partial charge is 0.404 e. The standard InChI is InChI=1S/C8H10F6O2Si/c1-3-16-17(4-15-2,7(13)5(9)10)8(14)6(11)12/h3-4H2,1-2H3. The Kier molecular flexibility index (Phi) is 6.49. The maximum atomic E-state index is 13.2. The van der Waals surface area contributed by atoms with Crippen LogP contribution < -0.4 is 0 Å². The number of ether oxygens (including phenoxy) is 1. The quantitative estimate of drug-likeness (QED) is 0.548. The highest BCUT2D eigenvalue weighted by Gasteiger charge is 2.51. The summed E-state index contributed by atoms with van der Waals surface area (Å²) >= 11 is 0. The lowest BCUT2D eigenvalue weighted by atomic mass is 10.9. The SMILES string of the molecule is CCO[Si](COC)(C(F)=C(F)F)C(F)=C(F)F. The van der Waals surface area contributed by atoms with E-state index >= 15 is 0 Å². The molecule has 0 aliphatic rings. The van der Waals surface area contributed by atoms with Gasteiger partial charge in [0.15, 0.2) is 10.9 Å². The predicted molar refractivity (Wildman–Crippen MR) is 50.0 cm³/mol. The van der Waals surface area contributed by atoms with E-state index in [2.05, 4.69) is 9.16 Å². The van der Waals surface area contributed by atoms with Crippen LogP contribution in [0.25, 0.3) is 0 Å². The van der Waals surface area contributed by atoms with E-state index in [0.717, 1.165) is 7.11 Å². The zero-order valence-electron chi connectivity index (χ0n) is 9.00. The van der Waals surface area contributed by atoms with Crippen molar-refractivity contribution in [2.45, 2.75) is 6.92 Å². The van der Waals surface area contributed by atoms with Crippen molar-refractivity contribution in [2.24, 2.45) is 0 Å². The molecule has 0 fully saturated rings. The summed E-state index contributed by atoms with van der Waals surface area (Å²) in [5.74, 6) is 0. The van der Waals surface area contributed by atoms with E-state index in [-0.39, 0.29) is 0 Å². The van der Waals surface area contributed by atoms with Crippen LogP contribution >= 0.6 is 0 Å². The normalized spacial score (nSPS) is 11.3. The average molecular weight is 280 g/mol. The second-order valence-corrected chi connectivity index (χ2v) is 5.95. The van der Waals surface area contributed by atoms with Gasteiger partial charge in [0, 0.05) is 13.7 Å². The van der Waals surface area contributed by atoms with E-state index in [1.54, 1.807) is 0 Å². The van der Waals surface area contributed by atoms with Gasteiger partial charge in [-0.15, -0.1) is 0 Å². The van der Waals surface area contributed by atoms with E-state index in [1.165, 1.54) is 6.92 Å². The van der Waals surface area contributed by atoms with Gasteiger partial charge in [-0.2, -0.15) is 17.6 Å². The highest BCUT2D eigenvalue weighted by molar-refractivity contribution is 6.86. The Bertz CT molecular complexity index is 290.